The standard InChI is InChI=1S/C28H32N6/c1-21-15-26(33-32-21)20-34(27-12-5-9-24-10-6-14-31-28(24)27)19-23-8-4-7-22(16-23)17-29-18-25-11-2-3-13-30-25/h2-4,6-8,10-11,13-16,27,29H,5,9,12,17-20H2,1H3,(H,32,33). The second-order valence-corrected chi connectivity index (χ2v) is 9.15. The number of hydrogen-bond donors (Lipinski definition) is 2. The first-order chi connectivity index (χ1) is 16.7. The van der Waals surface area contributed by atoms with E-state index in [0.29, 0.717) is 6.04 Å². The number of aromatic nitrogens is 4. The van der Waals surface area contributed by atoms with Crippen LogP contribution in [0.1, 0.15) is 58.3 Å². The quantitative estimate of drug-likeness (QED) is 0.379. The molecule has 2 N–H and O–H groups in total. The number of pyridine rings is 2. The van der Waals surface area contributed by atoms with E-state index in [9.17, 15) is 0 Å². The average Bonchev–Trinajstić information content (AvgIpc) is 3.29. The number of fused-ring (bicyclic) bond motifs is 1. The smallest absolute Gasteiger partial charge is 0.0765 e. The summed E-state index contributed by atoms with van der Waals surface area (Å²) in [4.78, 5) is 11.7. The van der Waals surface area contributed by atoms with Gasteiger partial charge < -0.3 is 5.32 Å². The summed E-state index contributed by atoms with van der Waals surface area (Å²) >= 11 is 0. The van der Waals surface area contributed by atoms with Gasteiger partial charge in [-0.15, -0.1) is 0 Å². The van der Waals surface area contributed by atoms with Crippen LogP contribution < -0.4 is 5.32 Å². The summed E-state index contributed by atoms with van der Waals surface area (Å²) in [5.74, 6) is 0. The molecule has 3 heterocycles. The Morgan fingerprint density at radius 1 is 0.912 bits per heavy atom. The SMILES string of the molecule is Cc1cc(CN(Cc2cccc(CNCc3ccccn3)c2)C2CCCc3cccnc32)n[nH]1. The van der Waals surface area contributed by atoms with Gasteiger partial charge in [-0.1, -0.05) is 36.4 Å². The minimum atomic E-state index is 0.299. The van der Waals surface area contributed by atoms with E-state index in [1.807, 2.05) is 30.6 Å². The summed E-state index contributed by atoms with van der Waals surface area (Å²) in [5.41, 5.74) is 8.44. The summed E-state index contributed by atoms with van der Waals surface area (Å²) < 4.78 is 0. The van der Waals surface area contributed by atoms with Crippen molar-refractivity contribution in [2.45, 2.75) is 58.4 Å². The molecule has 1 unspecified atom stereocenters. The van der Waals surface area contributed by atoms with Crippen LogP contribution in [0, 0.1) is 6.92 Å². The zero-order valence-electron chi connectivity index (χ0n) is 19.7. The van der Waals surface area contributed by atoms with Gasteiger partial charge in [0.25, 0.3) is 0 Å². The third-order valence-electron chi connectivity index (χ3n) is 6.47. The maximum absolute atomic E-state index is 4.81. The van der Waals surface area contributed by atoms with Crippen molar-refractivity contribution in [3.8, 4) is 0 Å². The van der Waals surface area contributed by atoms with Gasteiger partial charge in [0.2, 0.25) is 0 Å². The summed E-state index contributed by atoms with van der Waals surface area (Å²) in [6.07, 6.45) is 7.20. The molecule has 0 fully saturated rings. The average molecular weight is 453 g/mol. The molecule has 5 rings (SSSR count). The maximum atomic E-state index is 4.81. The van der Waals surface area contributed by atoms with Crippen LogP contribution in [0.3, 0.4) is 0 Å². The summed E-state index contributed by atoms with van der Waals surface area (Å²) in [5, 5.41) is 11.1. The van der Waals surface area contributed by atoms with Crippen LogP contribution in [0.5, 0.6) is 0 Å². The maximum Gasteiger partial charge on any atom is 0.0765 e. The molecule has 34 heavy (non-hydrogen) atoms. The van der Waals surface area contributed by atoms with Gasteiger partial charge in [-0.2, -0.15) is 5.10 Å². The van der Waals surface area contributed by atoms with Gasteiger partial charge in [-0.25, -0.2) is 0 Å². The number of benzene rings is 1. The van der Waals surface area contributed by atoms with Gasteiger partial charge in [-0.05, 0) is 67.1 Å². The van der Waals surface area contributed by atoms with Crippen LogP contribution in [-0.4, -0.2) is 25.1 Å². The summed E-state index contributed by atoms with van der Waals surface area (Å²) in [6.45, 7) is 5.30. The van der Waals surface area contributed by atoms with Crippen LogP contribution in [0.4, 0.5) is 0 Å². The highest BCUT2D eigenvalue weighted by Crippen LogP contribution is 2.34. The van der Waals surface area contributed by atoms with E-state index in [1.165, 1.54) is 28.8 Å². The third-order valence-corrected chi connectivity index (χ3v) is 6.47. The molecular formula is C28H32N6. The highest BCUT2D eigenvalue weighted by Gasteiger charge is 2.28. The zero-order valence-corrected chi connectivity index (χ0v) is 19.7. The highest BCUT2D eigenvalue weighted by molar-refractivity contribution is 5.27. The van der Waals surface area contributed by atoms with E-state index in [1.54, 1.807) is 0 Å². The molecule has 0 saturated carbocycles. The Hall–Kier alpha value is -3.35. The zero-order chi connectivity index (χ0) is 23.2. The molecule has 0 spiro atoms. The van der Waals surface area contributed by atoms with Crippen molar-refractivity contribution >= 4 is 0 Å². The number of aromatic amines is 1. The topological polar surface area (TPSA) is 69.7 Å². The van der Waals surface area contributed by atoms with E-state index < -0.39 is 0 Å². The highest BCUT2D eigenvalue weighted by atomic mass is 15.2. The molecule has 1 aliphatic carbocycles. The number of nitrogens with zero attached hydrogens (tertiary/aromatic N) is 4. The Morgan fingerprint density at radius 3 is 2.68 bits per heavy atom. The van der Waals surface area contributed by atoms with Gasteiger partial charge in [0, 0.05) is 44.3 Å². The second kappa shape index (κ2) is 10.7. The third kappa shape index (κ3) is 5.58. The van der Waals surface area contributed by atoms with Crippen LogP contribution in [-0.2, 0) is 32.6 Å². The molecule has 4 aromatic rings. The molecule has 6 heteroatoms. The number of hydrogen-bond acceptors (Lipinski definition) is 5. The normalized spacial score (nSPS) is 15.4. The van der Waals surface area contributed by atoms with Crippen molar-refractivity contribution in [1.82, 2.24) is 30.4 Å². The number of nitrogens with one attached hydrogen (secondary N) is 2. The minimum absolute atomic E-state index is 0.299. The minimum Gasteiger partial charge on any atom is -0.307 e. The monoisotopic (exact) mass is 452 g/mol. The van der Waals surface area contributed by atoms with Crippen LogP contribution in [0.2, 0.25) is 0 Å². The number of aryl methyl sites for hydroxylation is 2. The van der Waals surface area contributed by atoms with Gasteiger partial charge >= 0.3 is 0 Å². The Kier molecular flexibility index (Phi) is 7.08. The number of rotatable bonds is 9. The van der Waals surface area contributed by atoms with Crippen LogP contribution in [0.25, 0.3) is 0 Å². The molecule has 0 bridgehead atoms. The first kappa shape index (κ1) is 22.4. The number of H-pyrrole nitrogens is 1. The molecule has 0 radical (unpaired) electrons. The lowest BCUT2D eigenvalue weighted by atomic mass is 9.90. The molecule has 174 valence electrons. The Bertz CT molecular complexity index is 1200. The lowest BCUT2D eigenvalue weighted by molar-refractivity contribution is 0.155. The fourth-order valence-corrected chi connectivity index (χ4v) is 4.89. The van der Waals surface area contributed by atoms with E-state index in [0.717, 1.165) is 56.1 Å². The van der Waals surface area contributed by atoms with Crippen LogP contribution in [0.15, 0.2) is 73.1 Å². The molecule has 1 atom stereocenters. The fraction of sp³-hybridized carbons (Fsp3) is 0.321. The van der Waals surface area contributed by atoms with Crippen LogP contribution >= 0.6 is 0 Å². The van der Waals surface area contributed by atoms with Gasteiger partial charge in [0.05, 0.1) is 23.1 Å². The van der Waals surface area contributed by atoms with E-state index in [4.69, 9.17) is 4.98 Å². The van der Waals surface area contributed by atoms with Gasteiger partial charge in [0.1, 0.15) is 0 Å². The van der Waals surface area contributed by atoms with Crippen molar-refractivity contribution in [3.05, 3.63) is 113 Å². The Labute approximate surface area is 201 Å². The largest absolute Gasteiger partial charge is 0.307 e. The van der Waals surface area contributed by atoms with Gasteiger partial charge in [-0.3, -0.25) is 20.0 Å². The van der Waals surface area contributed by atoms with Crippen molar-refractivity contribution in [3.63, 3.8) is 0 Å². The van der Waals surface area contributed by atoms with Crippen molar-refractivity contribution in [2.24, 2.45) is 0 Å². The Balaban J connectivity index is 1.33. The fourth-order valence-electron chi connectivity index (χ4n) is 4.89. The lowest BCUT2D eigenvalue weighted by Crippen LogP contribution is -2.31. The van der Waals surface area contributed by atoms with Crippen molar-refractivity contribution in [1.29, 1.82) is 0 Å². The first-order valence-electron chi connectivity index (χ1n) is 12.1. The molecule has 1 aromatic carbocycles. The predicted octanol–water partition coefficient (Wildman–Crippen LogP) is 4.88. The Morgan fingerprint density at radius 2 is 1.82 bits per heavy atom. The first-order valence-corrected chi connectivity index (χ1v) is 12.1. The molecule has 6 nitrogen and oxygen atoms in total. The molecule has 1 aliphatic rings. The molecule has 0 saturated heterocycles. The second-order valence-electron chi connectivity index (χ2n) is 9.15. The van der Waals surface area contributed by atoms with Crippen molar-refractivity contribution in [2.75, 3.05) is 0 Å². The lowest BCUT2D eigenvalue weighted by Gasteiger charge is -2.34. The van der Waals surface area contributed by atoms with E-state index >= 15 is 0 Å². The van der Waals surface area contributed by atoms with Crippen molar-refractivity contribution < 1.29 is 0 Å². The van der Waals surface area contributed by atoms with Gasteiger partial charge in [0.15, 0.2) is 0 Å². The molecule has 0 aliphatic heterocycles. The van der Waals surface area contributed by atoms with E-state index in [-0.39, 0.29) is 0 Å². The molecular weight excluding hydrogens is 420 g/mol. The van der Waals surface area contributed by atoms with E-state index in [2.05, 4.69) is 74.8 Å². The predicted molar refractivity (Wildman–Crippen MR) is 134 cm³/mol. The summed E-state index contributed by atoms with van der Waals surface area (Å²) in [6, 6.07) is 21.7. The molecule has 3 aromatic heterocycles. The summed E-state index contributed by atoms with van der Waals surface area (Å²) in [7, 11) is 0. The molecule has 0 amide bonds.